The molecule has 1 saturated heterocycles. The molecule has 0 radical (unpaired) electrons. The summed E-state index contributed by atoms with van der Waals surface area (Å²) in [5.41, 5.74) is 1.93. The van der Waals surface area contributed by atoms with E-state index in [2.05, 4.69) is 24.4 Å². The molecule has 3 aromatic carbocycles. The second-order valence-electron chi connectivity index (χ2n) is 8.17. The van der Waals surface area contributed by atoms with Gasteiger partial charge in [0.25, 0.3) is 5.91 Å². The first kappa shape index (κ1) is 20.1. The third kappa shape index (κ3) is 4.38. The summed E-state index contributed by atoms with van der Waals surface area (Å²) in [6, 6.07) is 24.0. The van der Waals surface area contributed by atoms with Gasteiger partial charge >= 0.3 is 0 Å². The number of benzene rings is 3. The molecular formula is C26H28N2O2. The largest absolute Gasteiger partial charge is 0.355 e. The molecule has 3 aromatic rings. The van der Waals surface area contributed by atoms with Crippen LogP contribution in [0.1, 0.15) is 41.6 Å². The molecule has 0 bridgehead atoms. The first-order valence-electron chi connectivity index (χ1n) is 10.7. The van der Waals surface area contributed by atoms with E-state index in [1.165, 1.54) is 5.56 Å². The SMILES string of the molecule is CC(CNC(=O)C1CCCN(C(=O)c2cccc3ccccc23)C1)c1ccccc1. The van der Waals surface area contributed by atoms with Gasteiger partial charge in [0, 0.05) is 25.2 Å². The predicted molar refractivity (Wildman–Crippen MR) is 120 cm³/mol. The van der Waals surface area contributed by atoms with Crippen LogP contribution in [0.25, 0.3) is 10.8 Å². The molecule has 2 atom stereocenters. The Labute approximate surface area is 177 Å². The molecule has 1 aliphatic heterocycles. The minimum Gasteiger partial charge on any atom is -0.355 e. The molecule has 2 unspecified atom stereocenters. The fraction of sp³-hybridized carbons (Fsp3) is 0.308. The van der Waals surface area contributed by atoms with Gasteiger partial charge in [-0.3, -0.25) is 9.59 Å². The van der Waals surface area contributed by atoms with Gasteiger partial charge < -0.3 is 10.2 Å². The Balaban J connectivity index is 1.40. The van der Waals surface area contributed by atoms with Gasteiger partial charge in [0.2, 0.25) is 5.91 Å². The highest BCUT2D eigenvalue weighted by Crippen LogP contribution is 2.24. The average molecular weight is 401 g/mol. The van der Waals surface area contributed by atoms with Crippen molar-refractivity contribution in [3.8, 4) is 0 Å². The van der Waals surface area contributed by atoms with Crippen LogP contribution in [0.5, 0.6) is 0 Å². The first-order chi connectivity index (χ1) is 14.6. The number of nitrogens with zero attached hydrogens (tertiary/aromatic N) is 1. The molecule has 154 valence electrons. The summed E-state index contributed by atoms with van der Waals surface area (Å²) in [6.45, 7) is 3.91. The zero-order valence-electron chi connectivity index (χ0n) is 17.4. The Morgan fingerprint density at radius 1 is 1.00 bits per heavy atom. The van der Waals surface area contributed by atoms with Crippen molar-refractivity contribution in [3.05, 3.63) is 83.9 Å². The molecule has 4 heteroatoms. The van der Waals surface area contributed by atoms with Crippen molar-refractivity contribution < 1.29 is 9.59 Å². The van der Waals surface area contributed by atoms with Crippen molar-refractivity contribution in [2.75, 3.05) is 19.6 Å². The van der Waals surface area contributed by atoms with E-state index in [4.69, 9.17) is 0 Å². The lowest BCUT2D eigenvalue weighted by Crippen LogP contribution is -2.46. The number of piperidine rings is 1. The molecule has 2 amide bonds. The van der Waals surface area contributed by atoms with Crippen LogP contribution in [-0.4, -0.2) is 36.3 Å². The van der Waals surface area contributed by atoms with E-state index in [1.54, 1.807) is 0 Å². The summed E-state index contributed by atoms with van der Waals surface area (Å²) in [4.78, 5) is 27.9. The molecule has 30 heavy (non-hydrogen) atoms. The van der Waals surface area contributed by atoms with Crippen molar-refractivity contribution >= 4 is 22.6 Å². The highest BCUT2D eigenvalue weighted by atomic mass is 16.2. The Morgan fingerprint density at radius 2 is 1.73 bits per heavy atom. The molecule has 4 nitrogen and oxygen atoms in total. The van der Waals surface area contributed by atoms with E-state index in [0.717, 1.165) is 23.6 Å². The van der Waals surface area contributed by atoms with Gasteiger partial charge in [-0.2, -0.15) is 0 Å². The van der Waals surface area contributed by atoms with Crippen LogP contribution >= 0.6 is 0 Å². The predicted octanol–water partition coefficient (Wildman–Crippen LogP) is 4.61. The van der Waals surface area contributed by atoms with Gasteiger partial charge in [0.1, 0.15) is 0 Å². The van der Waals surface area contributed by atoms with Crippen LogP contribution in [0, 0.1) is 5.92 Å². The third-order valence-electron chi connectivity index (χ3n) is 6.05. The lowest BCUT2D eigenvalue weighted by atomic mass is 9.95. The highest BCUT2D eigenvalue weighted by Gasteiger charge is 2.29. The monoisotopic (exact) mass is 400 g/mol. The molecular weight excluding hydrogens is 372 g/mol. The van der Waals surface area contributed by atoms with E-state index in [1.807, 2.05) is 65.6 Å². The normalized spacial score (nSPS) is 17.5. The van der Waals surface area contributed by atoms with Gasteiger partial charge in [-0.1, -0.05) is 73.7 Å². The average Bonchev–Trinajstić information content (AvgIpc) is 2.82. The fourth-order valence-electron chi connectivity index (χ4n) is 4.26. The lowest BCUT2D eigenvalue weighted by molar-refractivity contribution is -0.126. The van der Waals surface area contributed by atoms with E-state index in [-0.39, 0.29) is 23.7 Å². The van der Waals surface area contributed by atoms with E-state index < -0.39 is 0 Å². The van der Waals surface area contributed by atoms with Crippen molar-refractivity contribution in [3.63, 3.8) is 0 Å². The molecule has 1 fully saturated rings. The van der Waals surface area contributed by atoms with Crippen LogP contribution in [0.2, 0.25) is 0 Å². The van der Waals surface area contributed by atoms with Gasteiger partial charge in [-0.05, 0) is 41.2 Å². The number of likely N-dealkylation sites (tertiary alicyclic amines) is 1. The standard InChI is InChI=1S/C26H28N2O2/c1-19(20-9-3-2-4-10-20)17-27-25(29)22-13-8-16-28(18-22)26(30)24-15-7-12-21-11-5-6-14-23(21)24/h2-7,9-12,14-15,19,22H,8,13,16-18H2,1H3,(H,27,29). The quantitative estimate of drug-likeness (QED) is 0.680. The van der Waals surface area contributed by atoms with Crippen molar-refractivity contribution in [1.29, 1.82) is 0 Å². The Hall–Kier alpha value is -3.14. The molecule has 1 N–H and O–H groups in total. The topological polar surface area (TPSA) is 49.4 Å². The van der Waals surface area contributed by atoms with Gasteiger partial charge in [0.15, 0.2) is 0 Å². The highest BCUT2D eigenvalue weighted by molar-refractivity contribution is 6.07. The number of carbonyl (C=O) groups is 2. The summed E-state index contributed by atoms with van der Waals surface area (Å²) in [5.74, 6) is 0.169. The Bertz CT molecular complexity index is 1030. The molecule has 4 rings (SSSR count). The molecule has 0 aliphatic carbocycles. The van der Waals surface area contributed by atoms with Gasteiger partial charge in [-0.25, -0.2) is 0 Å². The minimum atomic E-state index is -0.152. The number of carbonyl (C=O) groups excluding carboxylic acids is 2. The fourth-order valence-corrected chi connectivity index (χ4v) is 4.26. The molecule has 0 saturated carbocycles. The zero-order chi connectivity index (χ0) is 20.9. The van der Waals surface area contributed by atoms with Crippen molar-refractivity contribution in [2.24, 2.45) is 5.92 Å². The van der Waals surface area contributed by atoms with Crippen molar-refractivity contribution in [2.45, 2.75) is 25.7 Å². The van der Waals surface area contributed by atoms with E-state index in [0.29, 0.717) is 25.2 Å². The summed E-state index contributed by atoms with van der Waals surface area (Å²) >= 11 is 0. The van der Waals surface area contributed by atoms with Crippen LogP contribution < -0.4 is 5.32 Å². The number of fused-ring (bicyclic) bond motifs is 1. The minimum absolute atomic E-state index is 0.0157. The number of rotatable bonds is 5. The summed E-state index contributed by atoms with van der Waals surface area (Å²) in [7, 11) is 0. The first-order valence-corrected chi connectivity index (χ1v) is 10.7. The summed E-state index contributed by atoms with van der Waals surface area (Å²) < 4.78 is 0. The number of hydrogen-bond donors (Lipinski definition) is 1. The Kier molecular flexibility index (Phi) is 6.12. The van der Waals surface area contributed by atoms with Crippen LogP contribution in [0.4, 0.5) is 0 Å². The molecule has 1 heterocycles. The van der Waals surface area contributed by atoms with Crippen LogP contribution in [0.15, 0.2) is 72.8 Å². The maximum Gasteiger partial charge on any atom is 0.254 e. The smallest absolute Gasteiger partial charge is 0.254 e. The maximum absolute atomic E-state index is 13.2. The number of hydrogen-bond acceptors (Lipinski definition) is 2. The summed E-state index contributed by atoms with van der Waals surface area (Å²) in [5, 5.41) is 5.13. The van der Waals surface area contributed by atoms with Gasteiger partial charge in [-0.15, -0.1) is 0 Å². The Morgan fingerprint density at radius 3 is 2.57 bits per heavy atom. The lowest BCUT2D eigenvalue weighted by Gasteiger charge is -2.32. The molecule has 1 aliphatic rings. The van der Waals surface area contributed by atoms with Crippen molar-refractivity contribution in [1.82, 2.24) is 10.2 Å². The van der Waals surface area contributed by atoms with Crippen LogP contribution in [0.3, 0.4) is 0 Å². The van der Waals surface area contributed by atoms with E-state index in [9.17, 15) is 9.59 Å². The molecule has 0 spiro atoms. The second kappa shape index (κ2) is 9.12. The van der Waals surface area contributed by atoms with Crippen LogP contribution in [-0.2, 0) is 4.79 Å². The maximum atomic E-state index is 13.2. The third-order valence-corrected chi connectivity index (χ3v) is 6.05. The second-order valence-corrected chi connectivity index (χ2v) is 8.17. The summed E-state index contributed by atoms with van der Waals surface area (Å²) in [6.07, 6.45) is 1.67. The molecule has 0 aromatic heterocycles. The number of nitrogens with one attached hydrogen (secondary N) is 1. The van der Waals surface area contributed by atoms with E-state index >= 15 is 0 Å². The number of amides is 2. The zero-order valence-corrected chi connectivity index (χ0v) is 17.4. The van der Waals surface area contributed by atoms with Gasteiger partial charge in [0.05, 0.1) is 5.92 Å².